The summed E-state index contributed by atoms with van der Waals surface area (Å²) < 4.78 is 13.5. The van der Waals surface area contributed by atoms with E-state index in [-0.39, 0.29) is 5.82 Å². The second kappa shape index (κ2) is 8.31. The lowest BCUT2D eigenvalue weighted by molar-refractivity contribution is 0.628. The van der Waals surface area contributed by atoms with Crippen LogP contribution in [0.3, 0.4) is 0 Å². The Morgan fingerprint density at radius 3 is 2.72 bits per heavy atom. The molecule has 0 bridgehead atoms. The predicted molar refractivity (Wildman–Crippen MR) is 114 cm³/mol. The van der Waals surface area contributed by atoms with Gasteiger partial charge in [0.2, 0.25) is 0 Å². The van der Waals surface area contributed by atoms with E-state index in [1.807, 2.05) is 36.4 Å². The second-order valence-electron chi connectivity index (χ2n) is 6.40. The maximum atomic E-state index is 13.5. The molecule has 0 amide bonds. The van der Waals surface area contributed by atoms with E-state index >= 15 is 0 Å². The number of benzene rings is 1. The van der Waals surface area contributed by atoms with Gasteiger partial charge in [0.1, 0.15) is 5.82 Å². The summed E-state index contributed by atoms with van der Waals surface area (Å²) in [5, 5.41) is 10.3. The van der Waals surface area contributed by atoms with Crippen LogP contribution in [0, 0.1) is 5.82 Å². The topological polar surface area (TPSA) is 66.5 Å². The summed E-state index contributed by atoms with van der Waals surface area (Å²) in [5.74, 6) is -0.284. The van der Waals surface area contributed by atoms with Gasteiger partial charge in [0.25, 0.3) is 0 Å². The summed E-state index contributed by atoms with van der Waals surface area (Å²) >= 11 is 0. The SMILES string of the molecule is C=C(Nc1cncc(-c2cccc(F)c2)c1)c1[nH]ncc1/C=C/c1cccnc1. The normalized spacial score (nSPS) is 10.9. The third kappa shape index (κ3) is 4.44. The van der Waals surface area contributed by atoms with E-state index in [0.717, 1.165) is 33.6 Å². The van der Waals surface area contributed by atoms with Crippen molar-refractivity contribution in [2.75, 3.05) is 5.32 Å². The molecule has 1 aromatic carbocycles. The van der Waals surface area contributed by atoms with Crippen LogP contribution in [0.15, 0.2) is 80.0 Å². The molecule has 0 aliphatic heterocycles. The Kier molecular flexibility index (Phi) is 5.25. The van der Waals surface area contributed by atoms with Crippen LogP contribution in [0.1, 0.15) is 16.8 Å². The third-order valence-electron chi connectivity index (χ3n) is 4.30. The molecule has 0 unspecified atom stereocenters. The fourth-order valence-electron chi connectivity index (χ4n) is 2.90. The summed E-state index contributed by atoms with van der Waals surface area (Å²) in [5.41, 5.74) is 5.60. The number of hydrogen-bond acceptors (Lipinski definition) is 4. The molecule has 0 saturated carbocycles. The molecule has 0 saturated heterocycles. The minimum atomic E-state index is -0.284. The molecule has 3 aromatic heterocycles. The number of rotatable bonds is 6. The number of hydrogen-bond donors (Lipinski definition) is 2. The molecule has 142 valence electrons. The minimum absolute atomic E-state index is 0.284. The standard InChI is InChI=1S/C23H18FN5/c1-16(23-19(14-27-29-23)8-7-17-4-3-9-25-12-17)28-22-11-20(13-26-15-22)18-5-2-6-21(24)10-18/h2-15,28H,1H2,(H,27,29)/b8-7+. The van der Waals surface area contributed by atoms with Gasteiger partial charge in [-0.1, -0.05) is 36.9 Å². The highest BCUT2D eigenvalue weighted by Crippen LogP contribution is 2.25. The number of H-pyrrole nitrogens is 1. The maximum Gasteiger partial charge on any atom is 0.123 e. The van der Waals surface area contributed by atoms with E-state index in [9.17, 15) is 4.39 Å². The lowest BCUT2D eigenvalue weighted by Crippen LogP contribution is -2.00. The molecule has 4 aromatic rings. The summed E-state index contributed by atoms with van der Waals surface area (Å²) in [4.78, 5) is 8.35. The monoisotopic (exact) mass is 383 g/mol. The van der Waals surface area contributed by atoms with Crippen molar-refractivity contribution in [2.45, 2.75) is 0 Å². The molecular formula is C23H18FN5. The molecule has 29 heavy (non-hydrogen) atoms. The molecule has 0 atom stereocenters. The molecule has 4 rings (SSSR count). The number of aromatic amines is 1. The highest BCUT2D eigenvalue weighted by atomic mass is 19.1. The smallest absolute Gasteiger partial charge is 0.123 e. The summed E-state index contributed by atoms with van der Waals surface area (Å²) in [7, 11) is 0. The Balaban J connectivity index is 1.53. The van der Waals surface area contributed by atoms with Crippen LogP contribution in [0.25, 0.3) is 29.0 Å². The zero-order chi connectivity index (χ0) is 20.1. The largest absolute Gasteiger partial charge is 0.353 e. The molecule has 2 N–H and O–H groups in total. The van der Waals surface area contributed by atoms with E-state index in [4.69, 9.17) is 0 Å². The summed E-state index contributed by atoms with van der Waals surface area (Å²) in [6, 6.07) is 12.2. The van der Waals surface area contributed by atoms with Crippen molar-refractivity contribution in [3.8, 4) is 11.1 Å². The van der Waals surface area contributed by atoms with Gasteiger partial charge in [0, 0.05) is 29.7 Å². The number of aromatic nitrogens is 4. The van der Waals surface area contributed by atoms with E-state index in [0.29, 0.717) is 5.70 Å². The van der Waals surface area contributed by atoms with Gasteiger partial charge in [0.05, 0.1) is 29.5 Å². The van der Waals surface area contributed by atoms with Crippen LogP contribution >= 0.6 is 0 Å². The van der Waals surface area contributed by atoms with Crippen LogP contribution in [-0.2, 0) is 0 Å². The first-order valence-corrected chi connectivity index (χ1v) is 8.98. The van der Waals surface area contributed by atoms with Crippen molar-refractivity contribution in [3.63, 3.8) is 0 Å². The van der Waals surface area contributed by atoms with Crippen molar-refractivity contribution >= 4 is 23.5 Å². The highest BCUT2D eigenvalue weighted by Gasteiger charge is 2.08. The van der Waals surface area contributed by atoms with Crippen LogP contribution in [0.5, 0.6) is 0 Å². The van der Waals surface area contributed by atoms with Gasteiger partial charge in [0.15, 0.2) is 0 Å². The molecule has 0 fully saturated rings. The average Bonchev–Trinajstić information content (AvgIpc) is 3.22. The lowest BCUT2D eigenvalue weighted by Gasteiger charge is -2.10. The lowest BCUT2D eigenvalue weighted by atomic mass is 10.1. The molecular weight excluding hydrogens is 365 g/mol. The summed E-state index contributed by atoms with van der Waals surface area (Å²) in [6.45, 7) is 4.11. The number of anilines is 1. The van der Waals surface area contributed by atoms with Gasteiger partial charge in [-0.2, -0.15) is 5.10 Å². The fraction of sp³-hybridized carbons (Fsp3) is 0. The van der Waals surface area contributed by atoms with Crippen molar-refractivity contribution < 1.29 is 4.39 Å². The quantitative estimate of drug-likeness (QED) is 0.477. The summed E-state index contributed by atoms with van der Waals surface area (Å²) in [6.07, 6.45) is 12.5. The minimum Gasteiger partial charge on any atom is -0.353 e. The Hall–Kier alpha value is -4.06. The molecule has 5 nitrogen and oxygen atoms in total. The van der Waals surface area contributed by atoms with Gasteiger partial charge < -0.3 is 5.32 Å². The highest BCUT2D eigenvalue weighted by molar-refractivity contribution is 5.82. The van der Waals surface area contributed by atoms with E-state index in [1.54, 1.807) is 37.1 Å². The third-order valence-corrected chi connectivity index (χ3v) is 4.30. The zero-order valence-electron chi connectivity index (χ0n) is 15.5. The molecule has 6 heteroatoms. The first kappa shape index (κ1) is 18.3. The van der Waals surface area contributed by atoms with Crippen LogP contribution in [0.2, 0.25) is 0 Å². The second-order valence-corrected chi connectivity index (χ2v) is 6.40. The zero-order valence-corrected chi connectivity index (χ0v) is 15.5. The molecule has 3 heterocycles. The predicted octanol–water partition coefficient (Wildman–Crippen LogP) is 5.26. The Bertz CT molecular complexity index is 1160. The van der Waals surface area contributed by atoms with Gasteiger partial charge in [-0.3, -0.25) is 15.1 Å². The number of pyridine rings is 2. The molecule has 0 aliphatic rings. The maximum absolute atomic E-state index is 13.5. The van der Waals surface area contributed by atoms with Crippen LogP contribution in [-0.4, -0.2) is 20.2 Å². The average molecular weight is 383 g/mol. The van der Waals surface area contributed by atoms with E-state index in [1.165, 1.54) is 12.1 Å². The van der Waals surface area contributed by atoms with Gasteiger partial charge in [-0.25, -0.2) is 4.39 Å². The Labute approximate surface area is 167 Å². The van der Waals surface area contributed by atoms with Crippen LogP contribution < -0.4 is 5.32 Å². The van der Waals surface area contributed by atoms with Crippen LogP contribution in [0.4, 0.5) is 10.1 Å². The number of nitrogens with one attached hydrogen (secondary N) is 2. The molecule has 0 spiro atoms. The molecule has 0 aliphatic carbocycles. The molecule has 0 radical (unpaired) electrons. The van der Waals surface area contributed by atoms with Crippen molar-refractivity contribution in [1.82, 2.24) is 20.2 Å². The van der Waals surface area contributed by atoms with Crippen molar-refractivity contribution in [2.24, 2.45) is 0 Å². The van der Waals surface area contributed by atoms with Gasteiger partial charge in [-0.05, 0) is 35.4 Å². The van der Waals surface area contributed by atoms with Crippen molar-refractivity contribution in [1.29, 1.82) is 0 Å². The first-order valence-electron chi connectivity index (χ1n) is 8.98. The first-order chi connectivity index (χ1) is 14.2. The fourth-order valence-corrected chi connectivity index (χ4v) is 2.90. The number of nitrogens with zero attached hydrogens (tertiary/aromatic N) is 3. The Morgan fingerprint density at radius 2 is 1.90 bits per heavy atom. The van der Waals surface area contributed by atoms with Crippen molar-refractivity contribution in [3.05, 3.63) is 103 Å². The van der Waals surface area contributed by atoms with Gasteiger partial charge >= 0.3 is 0 Å². The Morgan fingerprint density at radius 1 is 0.966 bits per heavy atom. The number of halogens is 1. The van der Waals surface area contributed by atoms with E-state index in [2.05, 4.69) is 32.1 Å². The van der Waals surface area contributed by atoms with E-state index < -0.39 is 0 Å². The van der Waals surface area contributed by atoms with Gasteiger partial charge in [-0.15, -0.1) is 0 Å².